The Morgan fingerprint density at radius 3 is 2.62 bits per heavy atom. The van der Waals surface area contributed by atoms with E-state index in [4.69, 9.17) is 0 Å². The van der Waals surface area contributed by atoms with E-state index in [2.05, 4.69) is 42.3 Å². The van der Waals surface area contributed by atoms with E-state index in [1.165, 1.54) is 15.7 Å². The molecule has 0 saturated carbocycles. The summed E-state index contributed by atoms with van der Waals surface area (Å²) in [6, 6.07) is 15.7. The highest BCUT2D eigenvalue weighted by Gasteiger charge is 2.13. The summed E-state index contributed by atoms with van der Waals surface area (Å²) in [7, 11) is 2.16. The van der Waals surface area contributed by atoms with Gasteiger partial charge in [-0.05, 0) is 55.1 Å². The van der Waals surface area contributed by atoms with Crippen LogP contribution in [0.25, 0.3) is 26.6 Å². The van der Waals surface area contributed by atoms with Gasteiger partial charge in [-0.25, -0.2) is 4.39 Å². The number of rotatable bonds is 2. The monoisotopic (exact) mass is 337 g/mol. The van der Waals surface area contributed by atoms with Crippen molar-refractivity contribution in [2.45, 2.75) is 12.8 Å². The molecular weight excluding hydrogens is 317 g/mol. The van der Waals surface area contributed by atoms with Crippen molar-refractivity contribution in [3.8, 4) is 10.4 Å². The molecule has 1 nitrogen and oxygen atoms in total. The first-order valence-corrected chi connectivity index (χ1v) is 9.17. The lowest BCUT2D eigenvalue weighted by atomic mass is 9.98. The predicted octanol–water partition coefficient (Wildman–Crippen LogP) is 5.82. The molecule has 0 N–H and O–H groups in total. The topological polar surface area (TPSA) is 3.24 Å². The molecule has 0 spiro atoms. The number of hydrogen-bond donors (Lipinski definition) is 0. The van der Waals surface area contributed by atoms with Crippen molar-refractivity contribution >= 4 is 27.5 Å². The molecule has 1 aliphatic heterocycles. The van der Waals surface area contributed by atoms with Crippen LogP contribution >= 0.6 is 11.3 Å². The Morgan fingerprint density at radius 2 is 1.83 bits per heavy atom. The molecule has 4 rings (SSSR count). The molecule has 0 atom stereocenters. The van der Waals surface area contributed by atoms with E-state index in [0.29, 0.717) is 0 Å². The first kappa shape index (κ1) is 15.6. The van der Waals surface area contributed by atoms with Crippen LogP contribution in [0.3, 0.4) is 0 Å². The van der Waals surface area contributed by atoms with Gasteiger partial charge in [0.05, 0.1) is 0 Å². The molecule has 2 aromatic carbocycles. The van der Waals surface area contributed by atoms with Crippen LogP contribution in [0.1, 0.15) is 18.4 Å². The van der Waals surface area contributed by atoms with Crippen LogP contribution < -0.4 is 0 Å². The molecule has 1 fully saturated rings. The smallest absolute Gasteiger partial charge is 0.123 e. The molecule has 0 unspecified atom stereocenters. The molecular formula is C21H20FNS. The van der Waals surface area contributed by atoms with Crippen LogP contribution in [0.4, 0.5) is 4.39 Å². The number of fused-ring (bicyclic) bond motifs is 1. The Morgan fingerprint density at radius 1 is 1.04 bits per heavy atom. The van der Waals surface area contributed by atoms with Crippen molar-refractivity contribution in [3.05, 3.63) is 65.5 Å². The third-order valence-electron chi connectivity index (χ3n) is 4.70. The highest BCUT2D eigenvalue weighted by atomic mass is 32.1. The van der Waals surface area contributed by atoms with Crippen molar-refractivity contribution in [2.75, 3.05) is 20.1 Å². The van der Waals surface area contributed by atoms with Gasteiger partial charge < -0.3 is 4.90 Å². The second-order valence-electron chi connectivity index (χ2n) is 6.49. The summed E-state index contributed by atoms with van der Waals surface area (Å²) in [5.74, 6) is -0.173. The number of benzene rings is 2. The quantitative estimate of drug-likeness (QED) is 0.570. The standard InChI is InChI=1S/C21H20FNS/c1-23-10-8-15(9-11-23)12-16-6-7-18(22)14-19(16)21-13-17-4-2-3-5-20(17)24-21/h2-7,12-14H,8-11H2,1H3. The van der Waals surface area contributed by atoms with Gasteiger partial charge in [0.2, 0.25) is 0 Å². The summed E-state index contributed by atoms with van der Waals surface area (Å²) in [4.78, 5) is 3.49. The zero-order valence-electron chi connectivity index (χ0n) is 13.8. The Bertz CT molecular complexity index is 866. The molecule has 24 heavy (non-hydrogen) atoms. The predicted molar refractivity (Wildman–Crippen MR) is 102 cm³/mol. The third-order valence-corrected chi connectivity index (χ3v) is 5.84. The van der Waals surface area contributed by atoms with Crippen LogP contribution in [0, 0.1) is 5.82 Å². The Labute approximate surface area is 146 Å². The molecule has 1 aliphatic rings. The van der Waals surface area contributed by atoms with E-state index < -0.39 is 0 Å². The van der Waals surface area contributed by atoms with Crippen LogP contribution in [-0.4, -0.2) is 25.0 Å². The first-order valence-electron chi connectivity index (χ1n) is 8.35. The highest BCUT2D eigenvalue weighted by molar-refractivity contribution is 7.22. The number of halogens is 1. The van der Waals surface area contributed by atoms with Crippen LogP contribution in [-0.2, 0) is 0 Å². The van der Waals surface area contributed by atoms with Gasteiger partial charge >= 0.3 is 0 Å². The van der Waals surface area contributed by atoms with Gasteiger partial charge in [-0.15, -0.1) is 11.3 Å². The van der Waals surface area contributed by atoms with Crippen molar-refractivity contribution < 1.29 is 4.39 Å². The molecule has 2 heterocycles. The summed E-state index contributed by atoms with van der Waals surface area (Å²) in [6.45, 7) is 2.20. The van der Waals surface area contributed by atoms with Crippen molar-refractivity contribution in [2.24, 2.45) is 0 Å². The number of likely N-dealkylation sites (tertiary alicyclic amines) is 1. The molecule has 0 bridgehead atoms. The van der Waals surface area contributed by atoms with E-state index in [-0.39, 0.29) is 5.82 Å². The first-order chi connectivity index (χ1) is 11.7. The lowest BCUT2D eigenvalue weighted by molar-refractivity contribution is 0.313. The van der Waals surface area contributed by atoms with E-state index >= 15 is 0 Å². The maximum Gasteiger partial charge on any atom is 0.123 e. The van der Waals surface area contributed by atoms with Crippen molar-refractivity contribution in [1.29, 1.82) is 0 Å². The largest absolute Gasteiger partial charge is 0.306 e. The molecule has 0 amide bonds. The minimum atomic E-state index is -0.173. The Kier molecular flexibility index (Phi) is 4.21. The Balaban J connectivity index is 1.77. The minimum Gasteiger partial charge on any atom is -0.306 e. The maximum absolute atomic E-state index is 13.9. The van der Waals surface area contributed by atoms with E-state index in [9.17, 15) is 4.39 Å². The number of piperidine rings is 1. The summed E-state index contributed by atoms with van der Waals surface area (Å²) < 4.78 is 15.1. The highest BCUT2D eigenvalue weighted by Crippen LogP contribution is 2.36. The Hall–Kier alpha value is -1.97. The fourth-order valence-corrected chi connectivity index (χ4v) is 4.35. The lowest BCUT2D eigenvalue weighted by Gasteiger charge is -2.24. The zero-order chi connectivity index (χ0) is 16.5. The fraction of sp³-hybridized carbons (Fsp3) is 0.238. The van der Waals surface area contributed by atoms with Crippen molar-refractivity contribution in [3.63, 3.8) is 0 Å². The van der Waals surface area contributed by atoms with Gasteiger partial charge in [-0.3, -0.25) is 0 Å². The lowest BCUT2D eigenvalue weighted by Crippen LogP contribution is -2.26. The number of thiophene rings is 1. The molecule has 3 aromatic rings. The number of hydrogen-bond acceptors (Lipinski definition) is 2. The van der Waals surface area contributed by atoms with Crippen molar-refractivity contribution in [1.82, 2.24) is 4.90 Å². The molecule has 1 aromatic heterocycles. The molecule has 3 heteroatoms. The van der Waals surface area contributed by atoms with E-state index in [1.807, 2.05) is 12.1 Å². The molecule has 0 aliphatic carbocycles. The maximum atomic E-state index is 13.9. The molecule has 122 valence electrons. The normalized spacial score (nSPS) is 15.8. The molecule has 1 saturated heterocycles. The van der Waals surface area contributed by atoms with Crippen LogP contribution in [0.2, 0.25) is 0 Å². The van der Waals surface area contributed by atoms with Gasteiger partial charge in [-0.2, -0.15) is 0 Å². The third kappa shape index (κ3) is 3.14. The van der Waals surface area contributed by atoms with Gasteiger partial charge in [0.15, 0.2) is 0 Å². The van der Waals surface area contributed by atoms with Gasteiger partial charge in [0, 0.05) is 28.2 Å². The van der Waals surface area contributed by atoms with E-state index in [1.54, 1.807) is 23.5 Å². The van der Waals surface area contributed by atoms with Gasteiger partial charge in [0.25, 0.3) is 0 Å². The summed E-state index contributed by atoms with van der Waals surface area (Å²) in [5.41, 5.74) is 3.59. The summed E-state index contributed by atoms with van der Waals surface area (Å²) in [5, 5.41) is 1.22. The summed E-state index contributed by atoms with van der Waals surface area (Å²) in [6.07, 6.45) is 4.46. The van der Waals surface area contributed by atoms with Crippen LogP contribution in [0.15, 0.2) is 54.1 Å². The average Bonchev–Trinajstić information content (AvgIpc) is 3.02. The van der Waals surface area contributed by atoms with Gasteiger partial charge in [-0.1, -0.05) is 35.9 Å². The average molecular weight is 337 g/mol. The SMILES string of the molecule is CN1CCC(=Cc2ccc(F)cc2-c2cc3ccccc3s2)CC1. The van der Waals surface area contributed by atoms with E-state index in [0.717, 1.165) is 41.9 Å². The fourth-order valence-electron chi connectivity index (χ4n) is 3.25. The van der Waals surface area contributed by atoms with Gasteiger partial charge in [0.1, 0.15) is 5.82 Å². The number of nitrogens with zero attached hydrogens (tertiary/aromatic N) is 1. The van der Waals surface area contributed by atoms with Crippen LogP contribution in [0.5, 0.6) is 0 Å². The second kappa shape index (κ2) is 6.50. The summed E-state index contributed by atoms with van der Waals surface area (Å²) >= 11 is 1.73. The zero-order valence-corrected chi connectivity index (χ0v) is 14.6. The molecule has 0 radical (unpaired) electrons. The minimum absolute atomic E-state index is 0.173. The second-order valence-corrected chi connectivity index (χ2v) is 7.57.